The van der Waals surface area contributed by atoms with Gasteiger partial charge in [0.15, 0.2) is 0 Å². The van der Waals surface area contributed by atoms with E-state index in [0.29, 0.717) is 17.8 Å². The second kappa shape index (κ2) is 7.66. The molecule has 0 radical (unpaired) electrons. The molecule has 0 aliphatic rings. The molecule has 0 heterocycles. The highest BCUT2D eigenvalue weighted by Crippen LogP contribution is 2.16. The molecule has 1 atom stereocenters. The van der Waals surface area contributed by atoms with E-state index in [2.05, 4.69) is 63.9 Å². The predicted molar refractivity (Wildman–Crippen MR) is 84.2 cm³/mol. The summed E-state index contributed by atoms with van der Waals surface area (Å²) in [7, 11) is 2.18. The maximum atomic E-state index is 5.84. The molecule has 0 aliphatic carbocycles. The van der Waals surface area contributed by atoms with Crippen molar-refractivity contribution in [3.8, 4) is 0 Å². The van der Waals surface area contributed by atoms with E-state index in [-0.39, 0.29) is 0 Å². The highest BCUT2D eigenvalue weighted by Gasteiger charge is 2.14. The van der Waals surface area contributed by atoms with Crippen molar-refractivity contribution < 1.29 is 0 Å². The number of hydrogen-bond donors (Lipinski definition) is 1. The van der Waals surface area contributed by atoms with Crippen molar-refractivity contribution in [1.29, 1.82) is 0 Å². The minimum Gasteiger partial charge on any atom is -0.330 e. The number of rotatable bonds is 7. The lowest BCUT2D eigenvalue weighted by Crippen LogP contribution is -2.32. The summed E-state index contributed by atoms with van der Waals surface area (Å²) in [5, 5.41) is 0. The summed E-state index contributed by atoms with van der Waals surface area (Å²) in [6.07, 6.45) is 0. The Labute approximate surface area is 119 Å². The SMILES string of the molecule is CC(C)c1ccc(CN(C)CC(CN)C(C)C)cc1. The molecule has 0 bridgehead atoms. The van der Waals surface area contributed by atoms with Gasteiger partial charge in [-0.05, 0) is 42.5 Å². The molecule has 19 heavy (non-hydrogen) atoms. The lowest BCUT2D eigenvalue weighted by molar-refractivity contribution is 0.234. The fraction of sp³-hybridized carbons (Fsp3) is 0.647. The van der Waals surface area contributed by atoms with Crippen molar-refractivity contribution in [3.63, 3.8) is 0 Å². The van der Waals surface area contributed by atoms with Gasteiger partial charge in [0.25, 0.3) is 0 Å². The maximum Gasteiger partial charge on any atom is 0.0230 e. The van der Waals surface area contributed by atoms with Crippen molar-refractivity contribution in [1.82, 2.24) is 4.90 Å². The Kier molecular flexibility index (Phi) is 6.53. The first kappa shape index (κ1) is 16.2. The van der Waals surface area contributed by atoms with Crippen molar-refractivity contribution in [2.24, 2.45) is 17.6 Å². The average molecular weight is 262 g/mol. The highest BCUT2D eigenvalue weighted by molar-refractivity contribution is 5.24. The molecule has 0 amide bonds. The van der Waals surface area contributed by atoms with Gasteiger partial charge in [-0.15, -0.1) is 0 Å². The van der Waals surface area contributed by atoms with Gasteiger partial charge in [0, 0.05) is 13.1 Å². The Morgan fingerprint density at radius 3 is 2.05 bits per heavy atom. The van der Waals surface area contributed by atoms with Crippen molar-refractivity contribution in [3.05, 3.63) is 35.4 Å². The standard InChI is InChI=1S/C17H30N2/c1-13(2)16-8-6-15(7-9-16)11-19(5)12-17(10-18)14(3)4/h6-9,13-14,17H,10-12,18H2,1-5H3. The van der Waals surface area contributed by atoms with E-state index >= 15 is 0 Å². The van der Waals surface area contributed by atoms with Crippen LogP contribution in [0.4, 0.5) is 0 Å². The Bertz CT molecular complexity index is 354. The molecule has 2 N–H and O–H groups in total. The van der Waals surface area contributed by atoms with Gasteiger partial charge in [-0.1, -0.05) is 52.0 Å². The summed E-state index contributed by atoms with van der Waals surface area (Å²) in [5.41, 5.74) is 8.63. The van der Waals surface area contributed by atoms with Crippen LogP contribution in [-0.4, -0.2) is 25.0 Å². The van der Waals surface area contributed by atoms with Gasteiger partial charge < -0.3 is 10.6 Å². The smallest absolute Gasteiger partial charge is 0.0230 e. The third-order valence-corrected chi connectivity index (χ3v) is 3.89. The Balaban J connectivity index is 2.54. The van der Waals surface area contributed by atoms with Gasteiger partial charge in [-0.2, -0.15) is 0 Å². The molecule has 1 aromatic rings. The monoisotopic (exact) mass is 262 g/mol. The van der Waals surface area contributed by atoms with E-state index in [1.54, 1.807) is 0 Å². The molecule has 0 aliphatic heterocycles. The van der Waals surface area contributed by atoms with Gasteiger partial charge in [-0.3, -0.25) is 0 Å². The quantitative estimate of drug-likeness (QED) is 0.815. The molecule has 1 aromatic carbocycles. The number of benzene rings is 1. The second-order valence-corrected chi connectivity index (χ2v) is 6.33. The summed E-state index contributed by atoms with van der Waals surface area (Å²) in [5.74, 6) is 1.84. The molecular weight excluding hydrogens is 232 g/mol. The fourth-order valence-electron chi connectivity index (χ4n) is 2.34. The lowest BCUT2D eigenvalue weighted by atomic mass is 9.95. The largest absolute Gasteiger partial charge is 0.330 e. The summed E-state index contributed by atoms with van der Waals surface area (Å²) >= 11 is 0. The molecule has 2 heteroatoms. The van der Waals surface area contributed by atoms with Crippen LogP contribution in [0.3, 0.4) is 0 Å². The van der Waals surface area contributed by atoms with Gasteiger partial charge in [-0.25, -0.2) is 0 Å². The maximum absolute atomic E-state index is 5.84. The topological polar surface area (TPSA) is 29.3 Å². The van der Waals surface area contributed by atoms with Gasteiger partial charge in [0.1, 0.15) is 0 Å². The minimum atomic E-state index is 0.583. The first-order chi connectivity index (χ1) is 8.93. The third kappa shape index (κ3) is 5.33. The fourth-order valence-corrected chi connectivity index (χ4v) is 2.34. The van der Waals surface area contributed by atoms with E-state index in [4.69, 9.17) is 5.73 Å². The Hall–Kier alpha value is -0.860. The molecule has 0 fully saturated rings. The van der Waals surface area contributed by atoms with E-state index in [9.17, 15) is 0 Å². The zero-order valence-electron chi connectivity index (χ0n) is 13.2. The lowest BCUT2D eigenvalue weighted by Gasteiger charge is -2.25. The summed E-state index contributed by atoms with van der Waals surface area (Å²) in [6.45, 7) is 11.8. The second-order valence-electron chi connectivity index (χ2n) is 6.33. The first-order valence-electron chi connectivity index (χ1n) is 7.41. The van der Waals surface area contributed by atoms with Crippen molar-refractivity contribution in [2.75, 3.05) is 20.1 Å². The van der Waals surface area contributed by atoms with Crippen molar-refractivity contribution >= 4 is 0 Å². The molecule has 0 saturated carbocycles. The summed E-state index contributed by atoms with van der Waals surface area (Å²) in [4.78, 5) is 2.38. The molecule has 108 valence electrons. The summed E-state index contributed by atoms with van der Waals surface area (Å²) < 4.78 is 0. The molecule has 0 spiro atoms. The van der Waals surface area contributed by atoms with Crippen LogP contribution >= 0.6 is 0 Å². The number of hydrogen-bond acceptors (Lipinski definition) is 2. The van der Waals surface area contributed by atoms with E-state index < -0.39 is 0 Å². The highest BCUT2D eigenvalue weighted by atomic mass is 15.1. The third-order valence-electron chi connectivity index (χ3n) is 3.89. The molecule has 0 aromatic heterocycles. The zero-order valence-corrected chi connectivity index (χ0v) is 13.2. The van der Waals surface area contributed by atoms with Crippen LogP contribution in [0.25, 0.3) is 0 Å². The van der Waals surface area contributed by atoms with Gasteiger partial charge in [0.2, 0.25) is 0 Å². The van der Waals surface area contributed by atoms with Crippen LogP contribution in [0.2, 0.25) is 0 Å². The first-order valence-corrected chi connectivity index (χ1v) is 7.41. The van der Waals surface area contributed by atoms with E-state index in [1.807, 2.05) is 0 Å². The predicted octanol–water partition coefficient (Wildman–Crippen LogP) is 3.47. The number of nitrogens with zero attached hydrogens (tertiary/aromatic N) is 1. The normalized spacial score (nSPS) is 13.5. The van der Waals surface area contributed by atoms with Crippen LogP contribution in [0.15, 0.2) is 24.3 Å². The van der Waals surface area contributed by atoms with Gasteiger partial charge in [0.05, 0.1) is 0 Å². The van der Waals surface area contributed by atoms with Crippen LogP contribution in [0.5, 0.6) is 0 Å². The van der Waals surface area contributed by atoms with Crippen LogP contribution < -0.4 is 5.73 Å². The van der Waals surface area contributed by atoms with Crippen molar-refractivity contribution in [2.45, 2.75) is 40.2 Å². The molecule has 1 unspecified atom stereocenters. The Morgan fingerprint density at radius 2 is 1.63 bits per heavy atom. The molecule has 0 saturated heterocycles. The average Bonchev–Trinajstić information content (AvgIpc) is 2.36. The summed E-state index contributed by atoms with van der Waals surface area (Å²) in [6, 6.07) is 8.99. The van der Waals surface area contributed by atoms with E-state index in [1.165, 1.54) is 11.1 Å². The zero-order chi connectivity index (χ0) is 14.4. The van der Waals surface area contributed by atoms with Gasteiger partial charge >= 0.3 is 0 Å². The van der Waals surface area contributed by atoms with Crippen LogP contribution in [-0.2, 0) is 6.54 Å². The number of nitrogens with two attached hydrogens (primary N) is 1. The Morgan fingerprint density at radius 1 is 1.05 bits per heavy atom. The molecule has 2 nitrogen and oxygen atoms in total. The molecular formula is C17H30N2. The molecule has 1 rings (SSSR count). The van der Waals surface area contributed by atoms with Crippen LogP contribution in [0.1, 0.15) is 44.7 Å². The van der Waals surface area contributed by atoms with Crippen LogP contribution in [0, 0.1) is 11.8 Å². The minimum absolute atomic E-state index is 0.583. The van der Waals surface area contributed by atoms with E-state index in [0.717, 1.165) is 19.6 Å².